The van der Waals surface area contributed by atoms with Crippen LogP contribution in [0, 0.1) is 13.8 Å². The Labute approximate surface area is 215 Å². The van der Waals surface area contributed by atoms with E-state index in [1.54, 1.807) is 31.4 Å². The molecule has 0 N–H and O–H groups in total. The minimum atomic E-state index is -0.543. The second-order valence-electron chi connectivity index (χ2n) is 9.03. The summed E-state index contributed by atoms with van der Waals surface area (Å²) in [7, 11) is 1.63. The lowest BCUT2D eigenvalue weighted by atomic mass is 10.1. The number of hydrogen-bond acceptors (Lipinski definition) is 6. The maximum atomic E-state index is 12.8. The number of ether oxygens (including phenoxy) is 2. The van der Waals surface area contributed by atoms with Crippen LogP contribution in [0.3, 0.4) is 0 Å². The van der Waals surface area contributed by atoms with Crippen LogP contribution in [0.5, 0.6) is 5.75 Å². The van der Waals surface area contributed by atoms with Crippen LogP contribution in [0.15, 0.2) is 54.6 Å². The topological polar surface area (TPSA) is 94.9 Å². The van der Waals surface area contributed by atoms with Crippen LogP contribution in [-0.2, 0) is 22.5 Å². The molecule has 1 aromatic heterocycles. The molecule has 0 aliphatic carbocycles. The fourth-order valence-electron chi connectivity index (χ4n) is 4.58. The van der Waals surface area contributed by atoms with Crippen LogP contribution in [0.1, 0.15) is 60.9 Å². The van der Waals surface area contributed by atoms with E-state index in [-0.39, 0.29) is 43.6 Å². The van der Waals surface area contributed by atoms with Crippen molar-refractivity contribution in [2.24, 2.45) is 0 Å². The average Bonchev–Trinajstić information content (AvgIpc) is 3.33. The van der Waals surface area contributed by atoms with Crippen LogP contribution in [0.2, 0.25) is 0 Å². The van der Waals surface area contributed by atoms with Gasteiger partial charge in [-0.2, -0.15) is 0 Å². The first-order valence-electron chi connectivity index (χ1n) is 12.2. The van der Waals surface area contributed by atoms with Gasteiger partial charge < -0.3 is 14.0 Å². The van der Waals surface area contributed by atoms with Crippen molar-refractivity contribution in [2.45, 2.75) is 39.7 Å². The Morgan fingerprint density at radius 1 is 0.892 bits per heavy atom. The number of methoxy groups -OCH3 is 1. The summed E-state index contributed by atoms with van der Waals surface area (Å²) in [6.45, 7) is 4.31. The molecule has 2 heterocycles. The highest BCUT2D eigenvalue weighted by Crippen LogP contribution is 2.23. The zero-order valence-electron chi connectivity index (χ0n) is 21.3. The number of hydrogen-bond donors (Lipinski definition) is 0. The number of aryl methyl sites for hydroxylation is 2. The summed E-state index contributed by atoms with van der Waals surface area (Å²) in [6.07, 6.45) is 1.07. The zero-order chi connectivity index (χ0) is 26.5. The summed E-state index contributed by atoms with van der Waals surface area (Å²) in [5.74, 6) is -0.711. The molecule has 0 bridgehead atoms. The number of imide groups is 1. The standard InChI is InChI=1S/C29H30N2O6/c1-19-17-25(20(2)30(19)16-14-21-10-12-22(36-3)13-11-21)26(32)18-37-27(33)9-6-15-31-28(34)23-7-4-5-8-24(23)29(31)35/h4-5,7-8,10-13,17H,6,9,14-16,18H2,1-3H3. The first-order valence-corrected chi connectivity index (χ1v) is 12.2. The molecule has 0 spiro atoms. The summed E-state index contributed by atoms with van der Waals surface area (Å²) in [6, 6.07) is 16.4. The van der Waals surface area contributed by atoms with Crippen LogP contribution in [0.4, 0.5) is 0 Å². The van der Waals surface area contributed by atoms with Gasteiger partial charge in [-0.15, -0.1) is 0 Å². The van der Waals surface area contributed by atoms with Crippen molar-refractivity contribution in [3.8, 4) is 5.75 Å². The molecular weight excluding hydrogens is 472 g/mol. The second kappa shape index (κ2) is 11.2. The van der Waals surface area contributed by atoms with Crippen molar-refractivity contribution in [3.63, 3.8) is 0 Å². The highest BCUT2D eigenvalue weighted by molar-refractivity contribution is 6.21. The highest BCUT2D eigenvalue weighted by Gasteiger charge is 2.34. The molecule has 192 valence electrons. The van der Waals surface area contributed by atoms with E-state index < -0.39 is 5.97 Å². The monoisotopic (exact) mass is 502 g/mol. The SMILES string of the molecule is COc1ccc(CCn2c(C)cc(C(=O)COC(=O)CCCN3C(=O)c4ccccc4C3=O)c2C)cc1. The second-order valence-corrected chi connectivity index (χ2v) is 9.03. The molecule has 0 fully saturated rings. The number of Topliss-reactive ketones (excluding diaryl/α,β-unsaturated/α-hetero) is 1. The molecular formula is C29H30N2O6. The third-order valence-corrected chi connectivity index (χ3v) is 6.66. The van der Waals surface area contributed by atoms with Gasteiger partial charge in [0, 0.05) is 36.5 Å². The Morgan fingerprint density at radius 2 is 1.54 bits per heavy atom. The lowest BCUT2D eigenvalue weighted by molar-refractivity contribution is -0.142. The summed E-state index contributed by atoms with van der Waals surface area (Å²) < 4.78 is 12.5. The number of aromatic nitrogens is 1. The van der Waals surface area contributed by atoms with Gasteiger partial charge in [0.1, 0.15) is 5.75 Å². The van der Waals surface area contributed by atoms with E-state index in [0.717, 1.165) is 40.6 Å². The molecule has 0 saturated carbocycles. The smallest absolute Gasteiger partial charge is 0.306 e. The van der Waals surface area contributed by atoms with Gasteiger partial charge in [-0.1, -0.05) is 24.3 Å². The van der Waals surface area contributed by atoms with Crippen molar-refractivity contribution < 1.29 is 28.7 Å². The summed E-state index contributed by atoms with van der Waals surface area (Å²) in [5.41, 5.74) is 4.24. The van der Waals surface area contributed by atoms with E-state index in [1.165, 1.54) is 0 Å². The number of carbonyl (C=O) groups is 4. The molecule has 2 amide bonds. The molecule has 3 aromatic rings. The quantitative estimate of drug-likeness (QED) is 0.222. The van der Waals surface area contributed by atoms with Crippen LogP contribution < -0.4 is 4.74 Å². The van der Waals surface area contributed by atoms with Crippen LogP contribution in [-0.4, -0.2) is 53.3 Å². The predicted octanol–water partition coefficient (Wildman–Crippen LogP) is 4.16. The summed E-state index contributed by atoms with van der Waals surface area (Å²) >= 11 is 0. The van der Waals surface area contributed by atoms with Crippen molar-refractivity contribution in [1.29, 1.82) is 0 Å². The minimum absolute atomic E-state index is 0.00156. The summed E-state index contributed by atoms with van der Waals surface area (Å²) in [5, 5.41) is 0. The van der Waals surface area contributed by atoms with E-state index in [0.29, 0.717) is 16.7 Å². The first kappa shape index (κ1) is 25.9. The average molecular weight is 503 g/mol. The van der Waals surface area contributed by atoms with E-state index in [1.807, 2.05) is 44.2 Å². The third kappa shape index (κ3) is 5.63. The molecule has 8 nitrogen and oxygen atoms in total. The van der Waals surface area contributed by atoms with Gasteiger partial charge in [0.05, 0.1) is 18.2 Å². The first-order chi connectivity index (χ1) is 17.8. The minimum Gasteiger partial charge on any atom is -0.497 e. The lowest BCUT2D eigenvalue weighted by Gasteiger charge is -2.13. The Morgan fingerprint density at radius 3 is 2.16 bits per heavy atom. The van der Waals surface area contributed by atoms with Crippen molar-refractivity contribution >= 4 is 23.6 Å². The van der Waals surface area contributed by atoms with Gasteiger partial charge in [0.15, 0.2) is 6.61 Å². The molecule has 8 heteroatoms. The number of nitrogens with zero attached hydrogens (tertiary/aromatic N) is 2. The molecule has 0 atom stereocenters. The molecule has 0 saturated heterocycles. The van der Waals surface area contributed by atoms with Gasteiger partial charge in [0.25, 0.3) is 11.8 Å². The van der Waals surface area contributed by atoms with Gasteiger partial charge in [-0.25, -0.2) is 0 Å². The maximum Gasteiger partial charge on any atom is 0.306 e. The molecule has 4 rings (SSSR count). The maximum absolute atomic E-state index is 12.8. The number of amides is 2. The number of fused-ring (bicyclic) bond motifs is 1. The van der Waals surface area contributed by atoms with E-state index >= 15 is 0 Å². The third-order valence-electron chi connectivity index (χ3n) is 6.66. The van der Waals surface area contributed by atoms with Gasteiger partial charge in [-0.3, -0.25) is 24.1 Å². The van der Waals surface area contributed by atoms with Gasteiger partial charge >= 0.3 is 5.97 Å². The fourth-order valence-corrected chi connectivity index (χ4v) is 4.58. The molecule has 0 radical (unpaired) electrons. The normalized spacial score (nSPS) is 12.6. The van der Waals surface area contributed by atoms with Crippen molar-refractivity contribution in [2.75, 3.05) is 20.3 Å². The van der Waals surface area contributed by atoms with Crippen molar-refractivity contribution in [1.82, 2.24) is 9.47 Å². The zero-order valence-corrected chi connectivity index (χ0v) is 21.3. The molecule has 2 aromatic carbocycles. The number of carbonyl (C=O) groups excluding carboxylic acids is 4. The van der Waals surface area contributed by atoms with Crippen LogP contribution in [0.25, 0.3) is 0 Å². The lowest BCUT2D eigenvalue weighted by Crippen LogP contribution is -2.31. The fraction of sp³-hybridized carbons (Fsp3) is 0.310. The Kier molecular flexibility index (Phi) is 7.86. The van der Waals surface area contributed by atoms with Crippen LogP contribution >= 0.6 is 0 Å². The Hall–Kier alpha value is -4.20. The highest BCUT2D eigenvalue weighted by atomic mass is 16.5. The molecule has 1 aliphatic rings. The molecule has 1 aliphatic heterocycles. The number of rotatable bonds is 11. The predicted molar refractivity (Wildman–Crippen MR) is 137 cm³/mol. The summed E-state index contributed by atoms with van der Waals surface area (Å²) in [4.78, 5) is 50.9. The van der Waals surface area contributed by atoms with E-state index in [9.17, 15) is 19.2 Å². The van der Waals surface area contributed by atoms with Crippen molar-refractivity contribution in [3.05, 3.63) is 88.2 Å². The molecule has 37 heavy (non-hydrogen) atoms. The Bertz CT molecular complexity index is 1300. The van der Waals surface area contributed by atoms with E-state index in [2.05, 4.69) is 4.57 Å². The number of ketones is 1. The number of benzene rings is 2. The van der Waals surface area contributed by atoms with Gasteiger partial charge in [0.2, 0.25) is 5.78 Å². The molecule has 0 unspecified atom stereocenters. The number of esters is 1. The van der Waals surface area contributed by atoms with E-state index in [4.69, 9.17) is 9.47 Å². The van der Waals surface area contributed by atoms with Gasteiger partial charge in [-0.05, 0) is 62.6 Å². The Balaban J connectivity index is 1.25. The largest absolute Gasteiger partial charge is 0.497 e.